The van der Waals surface area contributed by atoms with Gasteiger partial charge in [0.15, 0.2) is 6.61 Å². The van der Waals surface area contributed by atoms with Gasteiger partial charge in [-0.3, -0.25) is 9.59 Å². The van der Waals surface area contributed by atoms with Crippen LogP contribution in [0.5, 0.6) is 5.75 Å². The van der Waals surface area contributed by atoms with E-state index in [2.05, 4.69) is 5.32 Å². The summed E-state index contributed by atoms with van der Waals surface area (Å²) in [5, 5.41) is 4.30. The maximum Gasteiger partial charge on any atom is 0.261 e. The van der Waals surface area contributed by atoms with Crippen molar-refractivity contribution in [3.05, 3.63) is 63.1 Å². The number of halogens is 3. The van der Waals surface area contributed by atoms with Crippen LogP contribution in [0.3, 0.4) is 0 Å². The smallest absolute Gasteiger partial charge is 0.261 e. The van der Waals surface area contributed by atoms with Crippen LogP contribution in [0.25, 0.3) is 0 Å². The van der Waals surface area contributed by atoms with Crippen LogP contribution in [-0.2, 0) is 16.1 Å². The van der Waals surface area contributed by atoms with E-state index in [1.165, 1.54) is 4.90 Å². The third-order valence-electron chi connectivity index (χ3n) is 4.38. The molecule has 2 amide bonds. The van der Waals surface area contributed by atoms with E-state index in [1.807, 2.05) is 20.8 Å². The molecular formula is C22H25Cl3N2O3. The topological polar surface area (TPSA) is 58.6 Å². The molecular weight excluding hydrogens is 447 g/mol. The van der Waals surface area contributed by atoms with Crippen molar-refractivity contribution in [3.8, 4) is 5.75 Å². The monoisotopic (exact) mass is 470 g/mol. The average Bonchev–Trinajstić information content (AvgIpc) is 2.68. The number of carbonyl (C=O) groups excluding carboxylic acids is 2. The summed E-state index contributed by atoms with van der Waals surface area (Å²) in [6.45, 7) is 5.43. The van der Waals surface area contributed by atoms with Gasteiger partial charge >= 0.3 is 0 Å². The maximum absolute atomic E-state index is 13.1. The van der Waals surface area contributed by atoms with Crippen LogP contribution in [0.1, 0.15) is 32.8 Å². The predicted molar refractivity (Wildman–Crippen MR) is 121 cm³/mol. The fourth-order valence-electron chi connectivity index (χ4n) is 2.91. The number of hydrogen-bond donors (Lipinski definition) is 1. The fraction of sp³-hybridized carbons (Fsp3) is 0.364. The Morgan fingerprint density at radius 1 is 1.03 bits per heavy atom. The van der Waals surface area contributed by atoms with Gasteiger partial charge in [0.05, 0.1) is 0 Å². The molecule has 1 atom stereocenters. The minimum atomic E-state index is -0.693. The Kier molecular flexibility index (Phi) is 9.28. The van der Waals surface area contributed by atoms with E-state index in [4.69, 9.17) is 39.5 Å². The van der Waals surface area contributed by atoms with Gasteiger partial charge in [0.2, 0.25) is 5.91 Å². The third kappa shape index (κ3) is 6.79. The minimum absolute atomic E-state index is 0.0577. The highest BCUT2D eigenvalue weighted by atomic mass is 35.5. The number of carbonyl (C=O) groups is 2. The Bertz CT molecular complexity index is 852. The van der Waals surface area contributed by atoms with Crippen LogP contribution in [0.2, 0.25) is 15.1 Å². The predicted octanol–water partition coefficient (Wildman–Crippen LogP) is 5.36. The highest BCUT2D eigenvalue weighted by molar-refractivity contribution is 6.36. The average molecular weight is 472 g/mol. The first-order chi connectivity index (χ1) is 14.2. The van der Waals surface area contributed by atoms with Gasteiger partial charge in [-0.1, -0.05) is 47.8 Å². The summed E-state index contributed by atoms with van der Waals surface area (Å²) >= 11 is 18.5. The molecule has 2 aromatic carbocycles. The van der Waals surface area contributed by atoms with Crippen LogP contribution in [0.4, 0.5) is 0 Å². The molecule has 0 heterocycles. The number of nitrogens with one attached hydrogen (secondary N) is 1. The van der Waals surface area contributed by atoms with Gasteiger partial charge in [-0.05, 0) is 56.7 Å². The number of rotatable bonds is 9. The van der Waals surface area contributed by atoms with Crippen molar-refractivity contribution >= 4 is 46.6 Å². The Balaban J connectivity index is 2.27. The SMILES string of the molecule is CC[C@H](C(=O)NC(C)C)N(Cc1c(Cl)cccc1Cl)C(=O)COc1ccc(Cl)cc1. The molecule has 0 aliphatic rings. The summed E-state index contributed by atoms with van der Waals surface area (Å²) in [5.74, 6) is -0.0923. The van der Waals surface area contributed by atoms with Crippen molar-refractivity contribution in [1.29, 1.82) is 0 Å². The van der Waals surface area contributed by atoms with E-state index in [9.17, 15) is 9.59 Å². The van der Waals surface area contributed by atoms with Gasteiger partial charge in [-0.25, -0.2) is 0 Å². The molecule has 0 bridgehead atoms. The zero-order valence-electron chi connectivity index (χ0n) is 17.1. The van der Waals surface area contributed by atoms with E-state index in [0.717, 1.165) is 0 Å². The van der Waals surface area contributed by atoms with Gasteiger partial charge in [0.25, 0.3) is 5.91 Å². The fourth-order valence-corrected chi connectivity index (χ4v) is 3.56. The van der Waals surface area contributed by atoms with E-state index >= 15 is 0 Å². The zero-order valence-corrected chi connectivity index (χ0v) is 19.4. The summed E-state index contributed by atoms with van der Waals surface area (Å²) in [5.41, 5.74) is 0.580. The molecule has 1 N–H and O–H groups in total. The van der Waals surface area contributed by atoms with Crippen LogP contribution >= 0.6 is 34.8 Å². The summed E-state index contributed by atoms with van der Waals surface area (Å²) in [6.07, 6.45) is 0.424. The summed E-state index contributed by atoms with van der Waals surface area (Å²) in [6, 6.07) is 11.1. The van der Waals surface area contributed by atoms with E-state index < -0.39 is 6.04 Å². The number of amides is 2. The quantitative estimate of drug-likeness (QED) is 0.536. The van der Waals surface area contributed by atoms with Crippen LogP contribution in [0, 0.1) is 0 Å². The van der Waals surface area contributed by atoms with Gasteiger partial charge in [-0.2, -0.15) is 0 Å². The first-order valence-electron chi connectivity index (χ1n) is 9.64. The van der Waals surface area contributed by atoms with Crippen LogP contribution in [0.15, 0.2) is 42.5 Å². The number of nitrogens with zero attached hydrogens (tertiary/aromatic N) is 1. The number of benzene rings is 2. The molecule has 0 unspecified atom stereocenters. The van der Waals surface area contributed by atoms with Gasteiger partial charge < -0.3 is 15.0 Å². The Morgan fingerprint density at radius 2 is 1.63 bits per heavy atom. The van der Waals surface area contributed by atoms with E-state index in [0.29, 0.717) is 32.8 Å². The van der Waals surface area contributed by atoms with Crippen molar-refractivity contribution in [3.63, 3.8) is 0 Å². The first kappa shape index (κ1) is 24.3. The second-order valence-corrected chi connectivity index (χ2v) is 8.30. The Hall–Kier alpha value is -1.95. The van der Waals surface area contributed by atoms with Crippen molar-refractivity contribution in [1.82, 2.24) is 10.2 Å². The molecule has 5 nitrogen and oxygen atoms in total. The molecule has 8 heteroatoms. The zero-order chi connectivity index (χ0) is 22.3. The molecule has 0 spiro atoms. The molecule has 162 valence electrons. The molecule has 0 fully saturated rings. The van der Waals surface area contributed by atoms with Crippen molar-refractivity contribution in [2.75, 3.05) is 6.61 Å². The Labute approximate surface area is 192 Å². The number of ether oxygens (including phenoxy) is 1. The van der Waals surface area contributed by atoms with Gasteiger partial charge in [0, 0.05) is 33.2 Å². The molecule has 0 radical (unpaired) electrons. The van der Waals surface area contributed by atoms with Crippen LogP contribution < -0.4 is 10.1 Å². The van der Waals surface area contributed by atoms with Crippen molar-refractivity contribution in [2.45, 2.75) is 45.8 Å². The lowest BCUT2D eigenvalue weighted by molar-refractivity contribution is -0.143. The highest BCUT2D eigenvalue weighted by Gasteiger charge is 2.30. The van der Waals surface area contributed by atoms with E-state index in [-0.39, 0.29) is 31.0 Å². The summed E-state index contributed by atoms with van der Waals surface area (Å²) < 4.78 is 5.61. The third-order valence-corrected chi connectivity index (χ3v) is 5.34. The Morgan fingerprint density at radius 3 is 2.17 bits per heavy atom. The van der Waals surface area contributed by atoms with Crippen molar-refractivity contribution in [2.24, 2.45) is 0 Å². The molecule has 30 heavy (non-hydrogen) atoms. The normalized spacial score (nSPS) is 11.8. The van der Waals surface area contributed by atoms with E-state index in [1.54, 1.807) is 42.5 Å². The molecule has 0 saturated carbocycles. The van der Waals surface area contributed by atoms with Crippen molar-refractivity contribution < 1.29 is 14.3 Å². The highest BCUT2D eigenvalue weighted by Crippen LogP contribution is 2.27. The maximum atomic E-state index is 13.1. The lowest BCUT2D eigenvalue weighted by Crippen LogP contribution is -2.51. The molecule has 2 aromatic rings. The van der Waals surface area contributed by atoms with Crippen LogP contribution in [-0.4, -0.2) is 35.4 Å². The molecule has 0 saturated heterocycles. The lowest BCUT2D eigenvalue weighted by Gasteiger charge is -2.31. The molecule has 2 rings (SSSR count). The molecule has 0 aromatic heterocycles. The standard InChI is InChI=1S/C22H25Cl3N2O3/c1-4-20(22(29)26-14(2)3)27(12-17-18(24)6-5-7-19(17)25)21(28)13-30-16-10-8-15(23)9-11-16/h5-11,14,20H,4,12-13H2,1-3H3,(H,26,29)/t20-/m1/s1. The summed E-state index contributed by atoms with van der Waals surface area (Å²) in [7, 11) is 0. The minimum Gasteiger partial charge on any atom is -0.484 e. The second kappa shape index (κ2) is 11.4. The number of hydrogen-bond acceptors (Lipinski definition) is 3. The van der Waals surface area contributed by atoms with Gasteiger partial charge in [-0.15, -0.1) is 0 Å². The molecule has 0 aliphatic carbocycles. The molecule has 0 aliphatic heterocycles. The lowest BCUT2D eigenvalue weighted by atomic mass is 10.1. The first-order valence-corrected chi connectivity index (χ1v) is 10.8. The van der Waals surface area contributed by atoms with Gasteiger partial charge in [0.1, 0.15) is 11.8 Å². The largest absolute Gasteiger partial charge is 0.484 e. The summed E-state index contributed by atoms with van der Waals surface area (Å²) in [4.78, 5) is 27.3. The second-order valence-electron chi connectivity index (χ2n) is 7.05.